The zero-order chi connectivity index (χ0) is 20.1. The van der Waals surface area contributed by atoms with Gasteiger partial charge >= 0.3 is 5.97 Å². The number of fused-ring (bicyclic) bond motifs is 7. The monoisotopic (exact) mass is 388 g/mol. The van der Waals surface area contributed by atoms with Gasteiger partial charge in [-0.25, -0.2) is 0 Å². The summed E-state index contributed by atoms with van der Waals surface area (Å²) in [6, 6.07) is 0. The lowest BCUT2D eigenvalue weighted by molar-refractivity contribution is -0.159. The largest absolute Gasteiger partial charge is 0.461 e. The van der Waals surface area contributed by atoms with Crippen molar-refractivity contribution in [1.82, 2.24) is 0 Å². The molecule has 0 aromatic heterocycles. The Morgan fingerprint density at radius 3 is 2.43 bits per heavy atom. The van der Waals surface area contributed by atoms with E-state index in [2.05, 4.69) is 13.8 Å². The standard InChI is InChI=1S/C24H36O4/c1-13(25)24(4)20-19(28-21(24)27)12-18-16-6-5-14-11-15(26)7-9-22(14,2)17(16)8-10-23(18,20)3/h14-20,26H,5-12H2,1-4H3/t14-,15+,16-,17+,18+,19+,20+,22+,23+,24+/m1/s1. The zero-order valence-electron chi connectivity index (χ0n) is 17.9. The number of carbonyl (C=O) groups excluding carboxylic acids is 2. The maximum absolute atomic E-state index is 12.7. The highest BCUT2D eigenvalue weighted by molar-refractivity contribution is 6.04. The minimum Gasteiger partial charge on any atom is -0.461 e. The van der Waals surface area contributed by atoms with Gasteiger partial charge in [0, 0.05) is 5.92 Å². The van der Waals surface area contributed by atoms with Crippen LogP contribution in [0, 0.1) is 45.8 Å². The fourth-order valence-electron chi connectivity index (χ4n) is 9.12. The van der Waals surface area contributed by atoms with Crippen molar-refractivity contribution in [2.45, 2.75) is 91.3 Å². The molecule has 5 fully saturated rings. The Morgan fingerprint density at radius 2 is 1.71 bits per heavy atom. The first kappa shape index (κ1) is 19.1. The van der Waals surface area contributed by atoms with Gasteiger partial charge in [0.15, 0.2) is 0 Å². The number of hydrogen-bond donors (Lipinski definition) is 1. The molecule has 28 heavy (non-hydrogen) atoms. The van der Waals surface area contributed by atoms with E-state index in [1.54, 1.807) is 6.92 Å². The van der Waals surface area contributed by atoms with Crippen molar-refractivity contribution in [2.24, 2.45) is 45.8 Å². The van der Waals surface area contributed by atoms with Gasteiger partial charge in [-0.15, -0.1) is 0 Å². The smallest absolute Gasteiger partial charge is 0.320 e. The molecule has 0 amide bonds. The van der Waals surface area contributed by atoms with Crippen LogP contribution in [0.3, 0.4) is 0 Å². The topological polar surface area (TPSA) is 63.6 Å². The summed E-state index contributed by atoms with van der Waals surface area (Å²) in [7, 11) is 0. The maximum Gasteiger partial charge on any atom is 0.320 e. The summed E-state index contributed by atoms with van der Waals surface area (Å²) in [6.45, 7) is 8.29. The Kier molecular flexibility index (Phi) is 3.98. The van der Waals surface area contributed by atoms with E-state index in [0.29, 0.717) is 23.2 Å². The fraction of sp³-hybridized carbons (Fsp3) is 0.917. The van der Waals surface area contributed by atoms with Crippen molar-refractivity contribution < 1.29 is 19.4 Å². The van der Waals surface area contributed by atoms with Crippen LogP contribution in [0.1, 0.15) is 79.1 Å². The zero-order valence-corrected chi connectivity index (χ0v) is 17.9. The second kappa shape index (κ2) is 5.83. The molecular formula is C24H36O4. The molecule has 4 aliphatic carbocycles. The Bertz CT molecular complexity index is 717. The Hall–Kier alpha value is -0.900. The molecular weight excluding hydrogens is 352 g/mol. The number of hydrogen-bond acceptors (Lipinski definition) is 4. The first-order valence-corrected chi connectivity index (χ1v) is 11.5. The van der Waals surface area contributed by atoms with E-state index in [1.165, 1.54) is 19.3 Å². The van der Waals surface area contributed by atoms with Crippen LogP contribution < -0.4 is 0 Å². The molecule has 156 valence electrons. The number of carbonyl (C=O) groups is 2. The van der Waals surface area contributed by atoms with Crippen molar-refractivity contribution >= 4 is 11.8 Å². The van der Waals surface area contributed by atoms with Crippen LogP contribution in [-0.2, 0) is 14.3 Å². The molecule has 0 aromatic carbocycles. The molecule has 4 saturated carbocycles. The number of rotatable bonds is 1. The minimum absolute atomic E-state index is 0.0223. The van der Waals surface area contributed by atoms with Crippen molar-refractivity contribution in [1.29, 1.82) is 0 Å². The lowest BCUT2D eigenvalue weighted by Crippen LogP contribution is -2.55. The van der Waals surface area contributed by atoms with Crippen LogP contribution >= 0.6 is 0 Å². The lowest BCUT2D eigenvalue weighted by atomic mass is 9.44. The van der Waals surface area contributed by atoms with Crippen LogP contribution in [0.15, 0.2) is 0 Å². The molecule has 5 rings (SSSR count). The molecule has 0 spiro atoms. The number of ketones is 1. The highest BCUT2D eigenvalue weighted by Gasteiger charge is 2.71. The van der Waals surface area contributed by atoms with Crippen molar-refractivity contribution in [2.75, 3.05) is 0 Å². The van der Waals surface area contributed by atoms with Gasteiger partial charge in [-0.2, -0.15) is 0 Å². The van der Waals surface area contributed by atoms with Crippen LogP contribution in [0.5, 0.6) is 0 Å². The summed E-state index contributed by atoms with van der Waals surface area (Å²) in [5, 5.41) is 10.2. The molecule has 4 heteroatoms. The maximum atomic E-state index is 12.7. The summed E-state index contributed by atoms with van der Waals surface area (Å²) in [4.78, 5) is 25.2. The van der Waals surface area contributed by atoms with Crippen LogP contribution in [0.25, 0.3) is 0 Å². The predicted molar refractivity (Wildman–Crippen MR) is 105 cm³/mol. The predicted octanol–water partition coefficient (Wildman–Crippen LogP) is 4.14. The first-order chi connectivity index (χ1) is 13.1. The first-order valence-electron chi connectivity index (χ1n) is 11.5. The number of aliphatic hydroxyl groups is 1. The summed E-state index contributed by atoms with van der Waals surface area (Å²) in [6.07, 6.45) is 8.60. The summed E-state index contributed by atoms with van der Waals surface area (Å²) >= 11 is 0. The van der Waals surface area contributed by atoms with Gasteiger partial charge in [0.1, 0.15) is 17.3 Å². The highest BCUT2D eigenvalue weighted by atomic mass is 16.6. The fourth-order valence-corrected chi connectivity index (χ4v) is 9.12. The Labute approximate surface area is 168 Å². The van der Waals surface area contributed by atoms with E-state index in [9.17, 15) is 14.7 Å². The van der Waals surface area contributed by atoms with Crippen molar-refractivity contribution in [3.8, 4) is 0 Å². The molecule has 5 aliphatic rings. The molecule has 10 atom stereocenters. The average Bonchev–Trinajstić information content (AvgIpc) is 3.07. The van der Waals surface area contributed by atoms with Crippen LogP contribution in [0.2, 0.25) is 0 Å². The van der Waals surface area contributed by atoms with Gasteiger partial charge in [-0.05, 0) is 99.7 Å². The number of Topliss-reactive ketones (excluding diaryl/α,β-unsaturated/α-hetero) is 1. The van der Waals surface area contributed by atoms with Gasteiger partial charge in [0.05, 0.1) is 6.10 Å². The highest BCUT2D eigenvalue weighted by Crippen LogP contribution is 2.71. The van der Waals surface area contributed by atoms with Crippen molar-refractivity contribution in [3.05, 3.63) is 0 Å². The summed E-state index contributed by atoms with van der Waals surface area (Å²) in [5.74, 6) is 2.33. The second-order valence-corrected chi connectivity index (χ2v) is 11.5. The molecule has 1 heterocycles. The van der Waals surface area contributed by atoms with E-state index in [4.69, 9.17) is 4.74 Å². The van der Waals surface area contributed by atoms with Gasteiger partial charge in [-0.1, -0.05) is 13.8 Å². The van der Waals surface area contributed by atoms with E-state index >= 15 is 0 Å². The van der Waals surface area contributed by atoms with E-state index < -0.39 is 5.41 Å². The van der Waals surface area contributed by atoms with E-state index in [0.717, 1.165) is 38.0 Å². The lowest BCUT2D eigenvalue weighted by Gasteiger charge is -2.61. The van der Waals surface area contributed by atoms with Gasteiger partial charge < -0.3 is 9.84 Å². The molecule has 1 saturated heterocycles. The van der Waals surface area contributed by atoms with Crippen LogP contribution in [0.4, 0.5) is 0 Å². The molecule has 0 unspecified atom stereocenters. The average molecular weight is 389 g/mol. The quantitative estimate of drug-likeness (QED) is 0.542. The molecule has 0 radical (unpaired) electrons. The number of aliphatic hydroxyl groups excluding tert-OH is 1. The van der Waals surface area contributed by atoms with Crippen LogP contribution in [-0.4, -0.2) is 29.1 Å². The summed E-state index contributed by atoms with van der Waals surface area (Å²) in [5.41, 5.74) is -0.589. The normalized spacial score (nSPS) is 57.6. The number of esters is 1. The molecule has 1 aliphatic heterocycles. The Morgan fingerprint density at radius 1 is 1.00 bits per heavy atom. The van der Waals surface area contributed by atoms with E-state index in [1.807, 2.05) is 6.92 Å². The van der Waals surface area contributed by atoms with E-state index in [-0.39, 0.29) is 35.3 Å². The third-order valence-electron chi connectivity index (χ3n) is 10.7. The van der Waals surface area contributed by atoms with Crippen molar-refractivity contribution in [3.63, 3.8) is 0 Å². The van der Waals surface area contributed by atoms with Gasteiger partial charge in [0.25, 0.3) is 0 Å². The Balaban J connectivity index is 1.48. The molecule has 0 bridgehead atoms. The third-order valence-corrected chi connectivity index (χ3v) is 10.7. The molecule has 0 aromatic rings. The second-order valence-electron chi connectivity index (χ2n) is 11.5. The minimum atomic E-state index is -0.961. The number of ether oxygens (including phenoxy) is 1. The molecule has 1 N–H and O–H groups in total. The van der Waals surface area contributed by atoms with Gasteiger partial charge in [0.2, 0.25) is 0 Å². The SMILES string of the molecule is CC(=O)[C@]1(C)C(=O)O[C@H]2C[C@H]3[C@@H]4CC[C@@H]5C[C@@H](O)CC[C@]5(C)[C@H]4CC[C@]3(C)[C@H]21. The third kappa shape index (κ3) is 2.16. The van der Waals surface area contributed by atoms with Gasteiger partial charge in [-0.3, -0.25) is 9.59 Å². The summed E-state index contributed by atoms with van der Waals surface area (Å²) < 4.78 is 5.85. The molecule has 4 nitrogen and oxygen atoms in total.